The van der Waals surface area contributed by atoms with Crippen LogP contribution in [-0.4, -0.2) is 47.3 Å². The number of nitrogens with one attached hydrogen (secondary N) is 1. The Hall–Kier alpha value is -2.14. The summed E-state index contributed by atoms with van der Waals surface area (Å²) in [5, 5.41) is 7.48. The number of amides is 1. The highest BCUT2D eigenvalue weighted by Gasteiger charge is 2.20. The van der Waals surface area contributed by atoms with E-state index in [9.17, 15) is 4.79 Å². The molecule has 1 aromatic carbocycles. The van der Waals surface area contributed by atoms with Crippen LogP contribution < -0.4 is 5.32 Å². The van der Waals surface area contributed by atoms with E-state index in [0.29, 0.717) is 6.54 Å². The van der Waals surface area contributed by atoms with Crippen LogP contribution in [0.25, 0.3) is 0 Å². The number of benzene rings is 1. The highest BCUT2D eigenvalue weighted by molar-refractivity contribution is 5.79. The number of hydrogen-bond donors (Lipinski definition) is 1. The summed E-state index contributed by atoms with van der Waals surface area (Å²) in [4.78, 5) is 14.6. The summed E-state index contributed by atoms with van der Waals surface area (Å²) >= 11 is 0. The Morgan fingerprint density at radius 2 is 1.92 bits per heavy atom. The molecule has 5 nitrogen and oxygen atoms in total. The summed E-state index contributed by atoms with van der Waals surface area (Å²) < 4.78 is 1.78. The molecule has 1 N–H and O–H groups in total. The zero-order valence-electron chi connectivity index (χ0n) is 15.3. The minimum atomic E-state index is -0.307. The molecule has 0 bridgehead atoms. The van der Waals surface area contributed by atoms with Crippen molar-refractivity contribution in [3.05, 3.63) is 53.3 Å². The summed E-state index contributed by atoms with van der Waals surface area (Å²) in [5.74, 6) is 0.00103. The van der Waals surface area contributed by atoms with Crippen molar-refractivity contribution >= 4 is 5.91 Å². The number of rotatable bonds is 7. The standard InChI is InChI=1S/C19H28N4O/c1-14-11-15(2)23(21-14)16(3)19(24)20-13-18(22(4)5)12-17-9-7-6-8-10-17/h6-11,16,18H,12-13H2,1-5H3,(H,20,24). The molecule has 0 aliphatic carbocycles. The van der Waals surface area contributed by atoms with Crippen molar-refractivity contribution in [3.8, 4) is 0 Å². The van der Waals surface area contributed by atoms with Gasteiger partial charge in [-0.25, -0.2) is 0 Å². The van der Waals surface area contributed by atoms with E-state index in [-0.39, 0.29) is 18.0 Å². The molecular formula is C19H28N4O. The first-order valence-electron chi connectivity index (χ1n) is 8.39. The summed E-state index contributed by atoms with van der Waals surface area (Å²) in [7, 11) is 4.09. The van der Waals surface area contributed by atoms with Gasteiger partial charge in [-0.1, -0.05) is 30.3 Å². The number of aromatic nitrogens is 2. The Bertz CT molecular complexity index is 663. The predicted octanol–water partition coefficient (Wildman–Crippen LogP) is 2.35. The molecule has 130 valence electrons. The minimum Gasteiger partial charge on any atom is -0.353 e. The molecule has 1 heterocycles. The maximum atomic E-state index is 12.5. The number of carbonyl (C=O) groups excluding carboxylic acids is 1. The van der Waals surface area contributed by atoms with Gasteiger partial charge in [-0.2, -0.15) is 5.10 Å². The first kappa shape index (κ1) is 18.2. The fraction of sp³-hybridized carbons (Fsp3) is 0.474. The molecule has 2 atom stereocenters. The molecule has 0 radical (unpaired) electrons. The van der Waals surface area contributed by atoms with Crippen LogP contribution in [0.3, 0.4) is 0 Å². The summed E-state index contributed by atoms with van der Waals surface area (Å²) in [5.41, 5.74) is 3.21. The lowest BCUT2D eigenvalue weighted by Crippen LogP contribution is -2.43. The van der Waals surface area contributed by atoms with Gasteiger partial charge < -0.3 is 10.2 Å². The average molecular weight is 328 g/mol. The number of carbonyl (C=O) groups is 1. The molecule has 0 saturated heterocycles. The van der Waals surface area contributed by atoms with E-state index in [2.05, 4.69) is 27.4 Å². The average Bonchev–Trinajstić information content (AvgIpc) is 2.89. The van der Waals surface area contributed by atoms with Crippen molar-refractivity contribution in [1.29, 1.82) is 0 Å². The van der Waals surface area contributed by atoms with Crippen molar-refractivity contribution < 1.29 is 4.79 Å². The fourth-order valence-electron chi connectivity index (χ4n) is 2.84. The van der Waals surface area contributed by atoms with Crippen LogP contribution in [-0.2, 0) is 11.2 Å². The SMILES string of the molecule is Cc1cc(C)n(C(C)C(=O)NCC(Cc2ccccc2)N(C)C)n1. The number of hydrogen-bond acceptors (Lipinski definition) is 3. The smallest absolute Gasteiger partial charge is 0.244 e. The van der Waals surface area contributed by atoms with Crippen molar-refractivity contribution in [2.75, 3.05) is 20.6 Å². The fourth-order valence-corrected chi connectivity index (χ4v) is 2.84. The molecule has 0 aliphatic heterocycles. The van der Waals surface area contributed by atoms with Crippen LogP contribution in [0.4, 0.5) is 0 Å². The molecule has 0 spiro atoms. The van der Waals surface area contributed by atoms with Gasteiger partial charge in [0.05, 0.1) is 5.69 Å². The summed E-state index contributed by atoms with van der Waals surface area (Å²) in [6.45, 7) is 6.42. The Kier molecular flexibility index (Phi) is 6.15. The van der Waals surface area contributed by atoms with Crippen LogP contribution in [0.15, 0.2) is 36.4 Å². The third-order valence-corrected chi connectivity index (χ3v) is 4.35. The molecule has 1 aromatic heterocycles. The molecule has 2 unspecified atom stereocenters. The Morgan fingerprint density at radius 1 is 1.25 bits per heavy atom. The van der Waals surface area contributed by atoms with E-state index < -0.39 is 0 Å². The van der Waals surface area contributed by atoms with Crippen LogP contribution in [0, 0.1) is 13.8 Å². The zero-order chi connectivity index (χ0) is 17.7. The third-order valence-electron chi connectivity index (χ3n) is 4.35. The third kappa shape index (κ3) is 4.68. The van der Waals surface area contributed by atoms with Gasteiger partial charge in [0.2, 0.25) is 5.91 Å². The van der Waals surface area contributed by atoms with Gasteiger partial charge >= 0.3 is 0 Å². The number of aryl methyl sites for hydroxylation is 2. The molecule has 2 aromatic rings. The molecule has 0 aliphatic rings. The summed E-state index contributed by atoms with van der Waals surface area (Å²) in [6.07, 6.45) is 0.905. The van der Waals surface area contributed by atoms with Gasteiger partial charge in [0.25, 0.3) is 0 Å². The lowest BCUT2D eigenvalue weighted by Gasteiger charge is -2.25. The molecule has 2 rings (SSSR count). The van der Waals surface area contributed by atoms with Crippen molar-refractivity contribution in [2.24, 2.45) is 0 Å². The molecule has 0 fully saturated rings. The highest BCUT2D eigenvalue weighted by Crippen LogP contribution is 2.11. The second-order valence-electron chi connectivity index (χ2n) is 6.60. The minimum absolute atomic E-state index is 0.00103. The topological polar surface area (TPSA) is 50.2 Å². The first-order chi connectivity index (χ1) is 11.4. The second kappa shape index (κ2) is 8.11. The van der Waals surface area contributed by atoms with Crippen LogP contribution in [0.5, 0.6) is 0 Å². The lowest BCUT2D eigenvalue weighted by atomic mass is 10.1. The highest BCUT2D eigenvalue weighted by atomic mass is 16.2. The Balaban J connectivity index is 1.96. The summed E-state index contributed by atoms with van der Waals surface area (Å²) in [6, 6.07) is 12.3. The first-order valence-corrected chi connectivity index (χ1v) is 8.39. The van der Waals surface area contributed by atoms with Crippen molar-refractivity contribution in [3.63, 3.8) is 0 Å². The Labute approximate surface area is 144 Å². The zero-order valence-corrected chi connectivity index (χ0v) is 15.3. The Morgan fingerprint density at radius 3 is 2.46 bits per heavy atom. The van der Waals surface area contributed by atoms with E-state index in [1.807, 2.05) is 59.1 Å². The van der Waals surface area contributed by atoms with E-state index in [4.69, 9.17) is 0 Å². The van der Waals surface area contributed by atoms with Crippen molar-refractivity contribution in [2.45, 2.75) is 39.3 Å². The largest absolute Gasteiger partial charge is 0.353 e. The van der Waals surface area contributed by atoms with Gasteiger partial charge in [-0.05, 0) is 52.9 Å². The molecular weight excluding hydrogens is 300 g/mol. The van der Waals surface area contributed by atoms with E-state index in [1.165, 1.54) is 5.56 Å². The van der Waals surface area contributed by atoms with Crippen LogP contribution in [0.1, 0.15) is 29.9 Å². The molecule has 1 amide bonds. The van der Waals surface area contributed by atoms with E-state index in [1.54, 1.807) is 4.68 Å². The maximum absolute atomic E-state index is 12.5. The molecule has 0 saturated carbocycles. The number of likely N-dealkylation sites (N-methyl/N-ethyl adjacent to an activating group) is 1. The van der Waals surface area contributed by atoms with Gasteiger partial charge in [0, 0.05) is 18.3 Å². The van der Waals surface area contributed by atoms with Crippen LogP contribution in [0.2, 0.25) is 0 Å². The quantitative estimate of drug-likeness (QED) is 0.849. The van der Waals surface area contributed by atoms with E-state index >= 15 is 0 Å². The monoisotopic (exact) mass is 328 g/mol. The van der Waals surface area contributed by atoms with Gasteiger partial charge in [-0.3, -0.25) is 9.48 Å². The van der Waals surface area contributed by atoms with Crippen molar-refractivity contribution in [1.82, 2.24) is 20.0 Å². The lowest BCUT2D eigenvalue weighted by molar-refractivity contribution is -0.124. The van der Waals surface area contributed by atoms with E-state index in [0.717, 1.165) is 17.8 Å². The van der Waals surface area contributed by atoms with Gasteiger partial charge in [0.15, 0.2) is 0 Å². The van der Waals surface area contributed by atoms with Gasteiger partial charge in [0.1, 0.15) is 6.04 Å². The predicted molar refractivity (Wildman–Crippen MR) is 97.0 cm³/mol. The second-order valence-corrected chi connectivity index (χ2v) is 6.60. The van der Waals surface area contributed by atoms with Gasteiger partial charge in [-0.15, -0.1) is 0 Å². The molecule has 24 heavy (non-hydrogen) atoms. The van der Waals surface area contributed by atoms with Crippen LogP contribution >= 0.6 is 0 Å². The normalized spacial score (nSPS) is 13.8. The maximum Gasteiger partial charge on any atom is 0.244 e. The number of nitrogens with zero attached hydrogens (tertiary/aromatic N) is 3. The molecule has 5 heteroatoms.